The molecule has 0 aliphatic heterocycles. The zero-order valence-electron chi connectivity index (χ0n) is 12.8. The normalized spacial score (nSPS) is 15.3. The Bertz CT molecular complexity index is 532. The second-order valence-electron chi connectivity index (χ2n) is 4.91. The van der Waals surface area contributed by atoms with Gasteiger partial charge in [-0.1, -0.05) is 12.1 Å². The molecule has 20 heavy (non-hydrogen) atoms. The predicted molar refractivity (Wildman–Crippen MR) is 86.7 cm³/mol. The van der Waals surface area contributed by atoms with Gasteiger partial charge in [0.2, 0.25) is 10.0 Å². The second-order valence-corrected chi connectivity index (χ2v) is 7.82. The molecule has 1 aromatic rings. The zero-order valence-corrected chi connectivity index (χ0v) is 14.4. The van der Waals surface area contributed by atoms with Gasteiger partial charge in [-0.05, 0) is 44.8 Å². The summed E-state index contributed by atoms with van der Waals surface area (Å²) in [6, 6.07) is 7.23. The van der Waals surface area contributed by atoms with Crippen LogP contribution in [0.3, 0.4) is 0 Å². The van der Waals surface area contributed by atoms with Gasteiger partial charge in [0.15, 0.2) is 0 Å². The highest BCUT2D eigenvalue weighted by Gasteiger charge is 2.25. The van der Waals surface area contributed by atoms with Crippen LogP contribution in [-0.2, 0) is 10.0 Å². The van der Waals surface area contributed by atoms with Gasteiger partial charge in [-0.15, -0.1) is 0 Å². The summed E-state index contributed by atoms with van der Waals surface area (Å²) in [5.74, 6) is 0.780. The van der Waals surface area contributed by atoms with Gasteiger partial charge >= 0.3 is 0 Å². The van der Waals surface area contributed by atoms with E-state index in [9.17, 15) is 8.42 Å². The Hall–Kier alpha value is -0.560. The molecule has 0 spiro atoms. The van der Waals surface area contributed by atoms with Gasteiger partial charge in [0.25, 0.3) is 0 Å². The van der Waals surface area contributed by atoms with Crippen molar-refractivity contribution in [2.75, 3.05) is 26.1 Å². The number of sulfonamides is 1. The lowest BCUT2D eigenvalue weighted by Crippen LogP contribution is -2.36. The van der Waals surface area contributed by atoms with Crippen LogP contribution >= 0.6 is 11.8 Å². The molecule has 4 nitrogen and oxygen atoms in total. The number of nitrogens with one attached hydrogen (secondary N) is 1. The number of nitrogens with zero attached hydrogens (tertiary/aromatic N) is 1. The van der Waals surface area contributed by atoms with Gasteiger partial charge in [-0.25, -0.2) is 8.42 Å². The molecule has 114 valence electrons. The molecule has 2 atom stereocenters. The van der Waals surface area contributed by atoms with E-state index in [0.29, 0.717) is 4.90 Å². The Morgan fingerprint density at radius 1 is 1.35 bits per heavy atom. The summed E-state index contributed by atoms with van der Waals surface area (Å²) in [4.78, 5) is 0.354. The summed E-state index contributed by atoms with van der Waals surface area (Å²) in [7, 11) is 0.0704. The Morgan fingerprint density at radius 3 is 2.55 bits per heavy atom. The van der Waals surface area contributed by atoms with Crippen LogP contribution in [0.2, 0.25) is 0 Å². The first-order valence-corrected chi connectivity index (χ1v) is 9.42. The fraction of sp³-hybridized carbons (Fsp3) is 0.571. The molecule has 0 aromatic heterocycles. The Labute approximate surface area is 127 Å². The molecule has 6 heteroatoms. The molecule has 0 fully saturated rings. The fourth-order valence-electron chi connectivity index (χ4n) is 1.86. The molecule has 0 saturated heterocycles. The smallest absolute Gasteiger partial charge is 0.243 e. The first-order chi connectivity index (χ1) is 9.34. The second kappa shape index (κ2) is 7.45. The van der Waals surface area contributed by atoms with Crippen LogP contribution in [0.1, 0.15) is 25.5 Å². The largest absolute Gasteiger partial charge is 0.313 e. The minimum absolute atomic E-state index is 0.0274. The van der Waals surface area contributed by atoms with Crippen LogP contribution in [0, 0.1) is 0 Å². The van der Waals surface area contributed by atoms with Gasteiger partial charge in [0.1, 0.15) is 0 Å². The highest BCUT2D eigenvalue weighted by Crippen LogP contribution is 2.21. The molecule has 0 aliphatic rings. The molecule has 1 rings (SSSR count). The van der Waals surface area contributed by atoms with Crippen LogP contribution in [0.25, 0.3) is 0 Å². The van der Waals surface area contributed by atoms with E-state index in [1.165, 1.54) is 4.31 Å². The van der Waals surface area contributed by atoms with Crippen molar-refractivity contribution in [3.05, 3.63) is 29.8 Å². The third-order valence-electron chi connectivity index (χ3n) is 3.50. The van der Waals surface area contributed by atoms with Crippen LogP contribution in [0.5, 0.6) is 0 Å². The molecule has 0 saturated carbocycles. The predicted octanol–water partition coefficient (Wildman–Crippen LogP) is 2.34. The van der Waals surface area contributed by atoms with Gasteiger partial charge in [-0.3, -0.25) is 0 Å². The van der Waals surface area contributed by atoms with E-state index in [4.69, 9.17) is 0 Å². The molecule has 2 unspecified atom stereocenters. The Morgan fingerprint density at radius 2 is 2.00 bits per heavy atom. The molecule has 0 radical (unpaired) electrons. The maximum absolute atomic E-state index is 12.6. The van der Waals surface area contributed by atoms with Crippen molar-refractivity contribution in [1.82, 2.24) is 9.62 Å². The quantitative estimate of drug-likeness (QED) is 0.839. The van der Waals surface area contributed by atoms with E-state index in [1.54, 1.807) is 37.0 Å². The number of thioether (sulfide) groups is 1. The highest BCUT2D eigenvalue weighted by atomic mass is 32.2. The van der Waals surface area contributed by atoms with Gasteiger partial charge < -0.3 is 5.32 Å². The van der Waals surface area contributed by atoms with Crippen molar-refractivity contribution in [1.29, 1.82) is 0 Å². The number of hydrogen-bond acceptors (Lipinski definition) is 4. The fourth-order valence-corrected chi connectivity index (χ4v) is 4.08. The van der Waals surface area contributed by atoms with Crippen LogP contribution in [0.4, 0.5) is 0 Å². The molecular weight excluding hydrogens is 292 g/mol. The molecule has 1 N–H and O–H groups in total. The summed E-state index contributed by atoms with van der Waals surface area (Å²) in [6.45, 7) is 3.93. The summed E-state index contributed by atoms with van der Waals surface area (Å²) in [5, 5.41) is 3.12. The zero-order chi connectivity index (χ0) is 15.3. The van der Waals surface area contributed by atoms with Crippen molar-refractivity contribution in [3.63, 3.8) is 0 Å². The van der Waals surface area contributed by atoms with E-state index < -0.39 is 10.0 Å². The van der Waals surface area contributed by atoms with E-state index in [0.717, 1.165) is 11.3 Å². The van der Waals surface area contributed by atoms with Gasteiger partial charge in [-0.2, -0.15) is 16.1 Å². The molecule has 0 amide bonds. The van der Waals surface area contributed by atoms with Crippen molar-refractivity contribution in [2.45, 2.75) is 30.8 Å². The number of rotatable bonds is 7. The third kappa shape index (κ3) is 3.97. The van der Waals surface area contributed by atoms with E-state index in [1.807, 2.05) is 33.2 Å². The lowest BCUT2D eigenvalue weighted by molar-refractivity contribution is 0.415. The van der Waals surface area contributed by atoms with Crippen LogP contribution < -0.4 is 5.32 Å². The monoisotopic (exact) mass is 316 g/mol. The third-order valence-corrected chi connectivity index (χ3v) is 6.28. The van der Waals surface area contributed by atoms with Gasteiger partial charge in [0, 0.05) is 24.9 Å². The lowest BCUT2D eigenvalue weighted by atomic mass is 10.1. The lowest BCUT2D eigenvalue weighted by Gasteiger charge is -2.24. The first kappa shape index (κ1) is 17.5. The van der Waals surface area contributed by atoms with Crippen molar-refractivity contribution < 1.29 is 8.42 Å². The maximum Gasteiger partial charge on any atom is 0.243 e. The molecule has 0 heterocycles. The maximum atomic E-state index is 12.6. The first-order valence-electron chi connectivity index (χ1n) is 6.58. The van der Waals surface area contributed by atoms with E-state index >= 15 is 0 Å². The number of hydrogen-bond donors (Lipinski definition) is 1. The number of benzene rings is 1. The minimum atomic E-state index is -3.43. The van der Waals surface area contributed by atoms with Crippen LogP contribution in [0.15, 0.2) is 29.2 Å². The van der Waals surface area contributed by atoms with Crippen molar-refractivity contribution >= 4 is 21.8 Å². The highest BCUT2D eigenvalue weighted by molar-refractivity contribution is 7.98. The summed E-state index contributed by atoms with van der Waals surface area (Å²) < 4.78 is 26.7. The summed E-state index contributed by atoms with van der Waals surface area (Å²) in [6.07, 6.45) is 1.98. The van der Waals surface area contributed by atoms with Crippen LogP contribution in [-0.4, -0.2) is 44.9 Å². The molecular formula is C14H24N2O2S2. The Balaban J connectivity index is 3.09. The summed E-state index contributed by atoms with van der Waals surface area (Å²) >= 11 is 1.64. The standard InChI is InChI=1S/C14H24N2O2S2/c1-11(10-19-5)16(4)20(17,18)14-8-6-7-13(9-14)12(2)15-3/h6-9,11-12,15H,10H2,1-5H3. The minimum Gasteiger partial charge on any atom is -0.313 e. The van der Waals surface area contributed by atoms with Gasteiger partial charge in [0.05, 0.1) is 4.90 Å². The molecule has 0 aliphatic carbocycles. The van der Waals surface area contributed by atoms with E-state index in [-0.39, 0.29) is 12.1 Å². The molecule has 0 bridgehead atoms. The summed E-state index contributed by atoms with van der Waals surface area (Å²) in [5.41, 5.74) is 0.972. The van der Waals surface area contributed by atoms with Crippen molar-refractivity contribution in [3.8, 4) is 0 Å². The Kier molecular flexibility index (Phi) is 6.51. The average molecular weight is 316 g/mol. The average Bonchev–Trinajstić information content (AvgIpc) is 2.45. The topological polar surface area (TPSA) is 49.4 Å². The van der Waals surface area contributed by atoms with E-state index in [2.05, 4.69) is 5.32 Å². The molecule has 1 aromatic carbocycles. The SMILES string of the molecule is CNC(C)c1cccc(S(=O)(=O)N(C)C(C)CSC)c1. The van der Waals surface area contributed by atoms with Crippen molar-refractivity contribution in [2.24, 2.45) is 0 Å².